The molecule has 0 saturated carbocycles. The first-order chi connectivity index (χ1) is 7.75. The van der Waals surface area contributed by atoms with Crippen LogP contribution in [0, 0.1) is 6.92 Å². The maximum absolute atomic E-state index is 6.18. The molecule has 0 radical (unpaired) electrons. The van der Waals surface area contributed by atoms with E-state index >= 15 is 0 Å². The molecular formula is C13H21NOS. The summed E-state index contributed by atoms with van der Waals surface area (Å²) >= 11 is 1.82. The Bertz CT molecular complexity index is 317. The molecule has 2 atom stereocenters. The lowest BCUT2D eigenvalue weighted by atomic mass is 10.0. The molecular weight excluding hydrogens is 218 g/mol. The molecule has 2 rings (SSSR count). The summed E-state index contributed by atoms with van der Waals surface area (Å²) in [4.78, 5) is 2.66. The van der Waals surface area contributed by atoms with Crippen molar-refractivity contribution in [3.05, 3.63) is 21.9 Å². The molecule has 1 aliphatic rings. The number of hydrogen-bond donors (Lipinski definition) is 1. The first-order valence-corrected chi connectivity index (χ1v) is 7.01. The Morgan fingerprint density at radius 3 is 3.00 bits per heavy atom. The highest BCUT2D eigenvalue weighted by molar-refractivity contribution is 7.12. The van der Waals surface area contributed by atoms with E-state index in [1.165, 1.54) is 29.0 Å². The van der Waals surface area contributed by atoms with Gasteiger partial charge in [0.1, 0.15) is 0 Å². The average molecular weight is 239 g/mol. The van der Waals surface area contributed by atoms with E-state index in [0.717, 1.165) is 19.4 Å². The van der Waals surface area contributed by atoms with Gasteiger partial charge >= 0.3 is 0 Å². The zero-order valence-corrected chi connectivity index (χ0v) is 10.8. The highest BCUT2D eigenvalue weighted by Crippen LogP contribution is 2.26. The molecule has 2 heterocycles. The fraction of sp³-hybridized carbons (Fsp3) is 0.692. The van der Waals surface area contributed by atoms with Crippen molar-refractivity contribution in [2.24, 2.45) is 5.73 Å². The van der Waals surface area contributed by atoms with Crippen LogP contribution in [0.25, 0.3) is 0 Å². The molecule has 0 bridgehead atoms. The second kappa shape index (κ2) is 5.80. The average Bonchev–Trinajstić information content (AvgIpc) is 2.74. The van der Waals surface area contributed by atoms with E-state index in [1.54, 1.807) is 0 Å². The van der Waals surface area contributed by atoms with Gasteiger partial charge in [-0.3, -0.25) is 0 Å². The summed E-state index contributed by atoms with van der Waals surface area (Å²) in [5.74, 6) is 0. The van der Waals surface area contributed by atoms with Crippen LogP contribution in [-0.2, 0) is 4.74 Å². The number of aryl methyl sites for hydroxylation is 1. The third-order valence-electron chi connectivity index (χ3n) is 3.20. The van der Waals surface area contributed by atoms with Gasteiger partial charge in [0.2, 0.25) is 0 Å². The minimum atomic E-state index is 0.198. The third kappa shape index (κ3) is 3.30. The molecule has 0 aliphatic carbocycles. The van der Waals surface area contributed by atoms with Crippen LogP contribution in [-0.4, -0.2) is 12.7 Å². The van der Waals surface area contributed by atoms with E-state index in [-0.39, 0.29) is 6.04 Å². The van der Waals surface area contributed by atoms with Crippen molar-refractivity contribution >= 4 is 11.3 Å². The Labute approximate surface area is 102 Å². The Hall–Kier alpha value is -0.380. The predicted molar refractivity (Wildman–Crippen MR) is 68.8 cm³/mol. The highest BCUT2D eigenvalue weighted by atomic mass is 32.1. The summed E-state index contributed by atoms with van der Waals surface area (Å²) < 4.78 is 5.72. The second-order valence-electron chi connectivity index (χ2n) is 4.62. The summed E-state index contributed by atoms with van der Waals surface area (Å²) in [7, 11) is 0. The van der Waals surface area contributed by atoms with E-state index in [2.05, 4.69) is 19.1 Å². The van der Waals surface area contributed by atoms with Crippen LogP contribution in [0.3, 0.4) is 0 Å². The number of hydrogen-bond acceptors (Lipinski definition) is 3. The molecule has 1 aliphatic heterocycles. The Morgan fingerprint density at radius 2 is 2.38 bits per heavy atom. The molecule has 0 amide bonds. The van der Waals surface area contributed by atoms with Crippen molar-refractivity contribution in [1.82, 2.24) is 0 Å². The number of rotatable bonds is 4. The third-order valence-corrected chi connectivity index (χ3v) is 4.33. The summed E-state index contributed by atoms with van der Waals surface area (Å²) in [5.41, 5.74) is 6.18. The lowest BCUT2D eigenvalue weighted by Gasteiger charge is -2.23. The molecule has 1 aromatic heterocycles. The predicted octanol–water partition coefficient (Wildman–Crippen LogP) is 3.41. The Morgan fingerprint density at radius 1 is 1.50 bits per heavy atom. The van der Waals surface area contributed by atoms with Crippen molar-refractivity contribution in [2.75, 3.05) is 6.61 Å². The van der Waals surface area contributed by atoms with Crippen molar-refractivity contribution in [1.29, 1.82) is 0 Å². The lowest BCUT2D eigenvalue weighted by Crippen LogP contribution is -2.21. The Kier molecular flexibility index (Phi) is 4.38. The zero-order chi connectivity index (χ0) is 11.4. The lowest BCUT2D eigenvalue weighted by molar-refractivity contribution is 0.00917. The fourth-order valence-electron chi connectivity index (χ4n) is 2.20. The van der Waals surface area contributed by atoms with E-state index in [4.69, 9.17) is 10.5 Å². The van der Waals surface area contributed by atoms with Crippen molar-refractivity contribution < 1.29 is 4.74 Å². The molecule has 1 saturated heterocycles. The smallest absolute Gasteiger partial charge is 0.0575 e. The van der Waals surface area contributed by atoms with Crippen LogP contribution in [0.1, 0.15) is 47.9 Å². The summed E-state index contributed by atoms with van der Waals surface area (Å²) in [6, 6.07) is 4.51. The molecule has 0 aromatic carbocycles. The van der Waals surface area contributed by atoms with Crippen LogP contribution in [0.5, 0.6) is 0 Å². The van der Waals surface area contributed by atoms with Crippen LogP contribution < -0.4 is 5.73 Å². The largest absolute Gasteiger partial charge is 0.378 e. The van der Waals surface area contributed by atoms with E-state index in [9.17, 15) is 0 Å². The van der Waals surface area contributed by atoms with Gasteiger partial charge in [-0.1, -0.05) is 0 Å². The molecule has 1 aromatic rings. The summed E-state index contributed by atoms with van der Waals surface area (Å²) in [6.45, 7) is 3.07. The molecule has 2 N–H and O–H groups in total. The molecule has 16 heavy (non-hydrogen) atoms. The maximum Gasteiger partial charge on any atom is 0.0575 e. The van der Waals surface area contributed by atoms with Gasteiger partial charge in [0, 0.05) is 22.4 Å². The van der Waals surface area contributed by atoms with Gasteiger partial charge in [0.05, 0.1) is 6.10 Å². The van der Waals surface area contributed by atoms with Crippen molar-refractivity contribution in [2.45, 2.75) is 51.2 Å². The second-order valence-corrected chi connectivity index (χ2v) is 5.94. The summed E-state index contributed by atoms with van der Waals surface area (Å²) in [5, 5.41) is 0. The fourth-order valence-corrected chi connectivity index (χ4v) is 3.11. The van der Waals surface area contributed by atoms with Gasteiger partial charge in [0.25, 0.3) is 0 Å². The Balaban J connectivity index is 1.76. The quantitative estimate of drug-likeness (QED) is 0.874. The first kappa shape index (κ1) is 12.1. The molecule has 90 valence electrons. The zero-order valence-electron chi connectivity index (χ0n) is 9.95. The molecule has 0 spiro atoms. The monoisotopic (exact) mass is 239 g/mol. The first-order valence-electron chi connectivity index (χ1n) is 6.19. The number of nitrogens with two attached hydrogens (primary N) is 1. The SMILES string of the molecule is Cc1ccc(C(N)CCC2CCCCO2)s1. The van der Waals surface area contributed by atoms with Crippen LogP contribution in [0.4, 0.5) is 0 Å². The van der Waals surface area contributed by atoms with Gasteiger partial charge < -0.3 is 10.5 Å². The van der Waals surface area contributed by atoms with Gasteiger partial charge in [-0.2, -0.15) is 0 Å². The van der Waals surface area contributed by atoms with Gasteiger partial charge in [0.15, 0.2) is 0 Å². The molecule has 2 unspecified atom stereocenters. The summed E-state index contributed by atoms with van der Waals surface area (Å²) in [6.07, 6.45) is 6.38. The topological polar surface area (TPSA) is 35.2 Å². The van der Waals surface area contributed by atoms with Gasteiger partial charge in [-0.05, 0) is 51.2 Å². The van der Waals surface area contributed by atoms with E-state index in [0.29, 0.717) is 6.10 Å². The molecule has 2 nitrogen and oxygen atoms in total. The maximum atomic E-state index is 6.18. The van der Waals surface area contributed by atoms with E-state index in [1.807, 2.05) is 11.3 Å². The van der Waals surface area contributed by atoms with Crippen LogP contribution in [0.15, 0.2) is 12.1 Å². The number of ether oxygens (including phenoxy) is 1. The van der Waals surface area contributed by atoms with Crippen LogP contribution >= 0.6 is 11.3 Å². The highest BCUT2D eigenvalue weighted by Gasteiger charge is 2.16. The normalized spacial score (nSPS) is 23.2. The minimum absolute atomic E-state index is 0.198. The van der Waals surface area contributed by atoms with Gasteiger partial charge in [-0.15, -0.1) is 11.3 Å². The van der Waals surface area contributed by atoms with Crippen molar-refractivity contribution in [3.63, 3.8) is 0 Å². The molecule has 3 heteroatoms. The van der Waals surface area contributed by atoms with Crippen LogP contribution in [0.2, 0.25) is 0 Å². The van der Waals surface area contributed by atoms with Gasteiger partial charge in [-0.25, -0.2) is 0 Å². The van der Waals surface area contributed by atoms with E-state index < -0.39 is 0 Å². The minimum Gasteiger partial charge on any atom is -0.378 e. The molecule has 1 fully saturated rings. The number of thiophene rings is 1. The van der Waals surface area contributed by atoms with Crippen molar-refractivity contribution in [3.8, 4) is 0 Å². The standard InChI is InChI=1S/C13H21NOS/c1-10-5-8-13(16-10)12(14)7-6-11-4-2-3-9-15-11/h5,8,11-12H,2-4,6-7,9,14H2,1H3.